The number of thiophene rings is 1. The molecular formula is C34H12F4S. The summed E-state index contributed by atoms with van der Waals surface area (Å²) in [6, 6.07) is 24.9. The van der Waals surface area contributed by atoms with Crippen molar-refractivity contribution in [2.75, 3.05) is 0 Å². The lowest BCUT2D eigenvalue weighted by atomic mass is 9.80. The maximum absolute atomic E-state index is 15.4. The van der Waals surface area contributed by atoms with Crippen LogP contribution < -0.4 is 0 Å². The van der Waals surface area contributed by atoms with Crippen LogP contribution in [0.4, 0.5) is 17.6 Å². The zero-order chi connectivity index (χ0) is 25.9. The largest absolute Gasteiger partial charge is 0.203 e. The van der Waals surface area contributed by atoms with Crippen LogP contribution in [0.25, 0.3) is 95.6 Å². The van der Waals surface area contributed by atoms with Gasteiger partial charge in [-0.05, 0) is 64.6 Å². The van der Waals surface area contributed by atoms with E-state index >= 15 is 8.78 Å². The number of benzene rings is 9. The summed E-state index contributed by atoms with van der Waals surface area (Å²) in [4.78, 5) is 0. The third-order valence-corrected chi connectivity index (χ3v) is 10.0. The van der Waals surface area contributed by atoms with Crippen molar-refractivity contribution in [2.45, 2.75) is 0 Å². The van der Waals surface area contributed by atoms with Crippen molar-refractivity contribution in [2.24, 2.45) is 0 Å². The fourth-order valence-corrected chi connectivity index (χ4v) is 8.59. The van der Waals surface area contributed by atoms with Crippen molar-refractivity contribution in [3.05, 3.63) is 96.1 Å². The van der Waals surface area contributed by atoms with E-state index < -0.39 is 23.3 Å². The molecule has 0 nitrogen and oxygen atoms in total. The molecule has 0 radical (unpaired) electrons. The Balaban J connectivity index is 1.66. The molecule has 9 aromatic carbocycles. The van der Waals surface area contributed by atoms with Gasteiger partial charge in [0.05, 0.1) is 4.70 Å². The van der Waals surface area contributed by atoms with Crippen molar-refractivity contribution in [1.29, 1.82) is 0 Å². The van der Waals surface area contributed by atoms with Crippen LogP contribution in [0, 0.1) is 23.3 Å². The fourth-order valence-electron chi connectivity index (χ4n) is 7.32. The van der Waals surface area contributed by atoms with Gasteiger partial charge in [-0.1, -0.05) is 72.8 Å². The van der Waals surface area contributed by atoms with Crippen molar-refractivity contribution in [3.63, 3.8) is 0 Å². The Morgan fingerprint density at radius 1 is 0.333 bits per heavy atom. The molecule has 0 fully saturated rings. The lowest BCUT2D eigenvalue weighted by Crippen LogP contribution is -1.96. The summed E-state index contributed by atoms with van der Waals surface area (Å²) in [7, 11) is 0. The maximum atomic E-state index is 15.4. The minimum absolute atomic E-state index is 0.192. The second-order valence-electron chi connectivity index (χ2n) is 10.5. The minimum atomic E-state index is -1.78. The van der Waals surface area contributed by atoms with Crippen LogP contribution >= 0.6 is 11.3 Å². The van der Waals surface area contributed by atoms with Crippen LogP contribution in [0.1, 0.15) is 0 Å². The van der Waals surface area contributed by atoms with E-state index in [9.17, 15) is 8.78 Å². The number of rotatable bonds is 0. The van der Waals surface area contributed by atoms with Crippen LogP contribution in [-0.2, 0) is 0 Å². The molecule has 1 heterocycles. The molecule has 0 N–H and O–H groups in total. The number of hydrogen-bond donors (Lipinski definition) is 0. The molecule has 0 bridgehead atoms. The summed E-state index contributed by atoms with van der Waals surface area (Å²) in [5.41, 5.74) is 0. The molecule has 0 saturated heterocycles. The summed E-state index contributed by atoms with van der Waals surface area (Å²) in [6.45, 7) is 0. The molecule has 0 aliphatic rings. The van der Waals surface area contributed by atoms with Gasteiger partial charge >= 0.3 is 0 Å². The van der Waals surface area contributed by atoms with Gasteiger partial charge in [-0.15, -0.1) is 11.3 Å². The summed E-state index contributed by atoms with van der Waals surface area (Å²) in [5, 5.41) is 15.0. The number of halogens is 4. The Morgan fingerprint density at radius 2 is 0.821 bits per heavy atom. The Kier molecular flexibility index (Phi) is 3.35. The van der Waals surface area contributed by atoms with E-state index in [0.717, 1.165) is 76.0 Å². The van der Waals surface area contributed by atoms with Gasteiger partial charge < -0.3 is 0 Å². The molecule has 1 aromatic heterocycles. The zero-order valence-corrected chi connectivity index (χ0v) is 20.7. The summed E-state index contributed by atoms with van der Waals surface area (Å²) >= 11 is 0.988. The Bertz CT molecular complexity index is 2700. The first kappa shape index (κ1) is 20.5. The molecule has 5 heteroatoms. The topological polar surface area (TPSA) is 0 Å². The standard InChI is InChI=1S/C34H12F4S/c35-29-28-27-19-11-7-13-5-9-17-15-3-1-2-4-16(15)18-10-6-14-8-12-20(26-22(14)24(18)23(17)21(13)25(19)26)33(27)39-34(28)32(38)31(37)30(29)36/h1-12H. The number of fused-ring (bicyclic) bond motifs is 8. The highest BCUT2D eigenvalue weighted by atomic mass is 32.1. The first-order valence-electron chi connectivity index (χ1n) is 12.6. The average Bonchev–Trinajstić information content (AvgIpc) is 3.39. The Labute approximate surface area is 220 Å². The summed E-state index contributed by atoms with van der Waals surface area (Å²) < 4.78 is 59.9. The molecule has 39 heavy (non-hydrogen) atoms. The van der Waals surface area contributed by atoms with Crippen molar-refractivity contribution in [3.8, 4) is 0 Å². The van der Waals surface area contributed by atoms with E-state index in [1.54, 1.807) is 0 Å². The highest BCUT2D eigenvalue weighted by Gasteiger charge is 2.29. The van der Waals surface area contributed by atoms with Gasteiger partial charge in [0, 0.05) is 26.2 Å². The van der Waals surface area contributed by atoms with Crippen LogP contribution in [0.15, 0.2) is 72.8 Å². The lowest BCUT2D eigenvalue weighted by Gasteiger charge is -2.22. The predicted molar refractivity (Wildman–Crippen MR) is 155 cm³/mol. The predicted octanol–water partition coefficient (Wildman–Crippen LogP) is 11.0. The van der Waals surface area contributed by atoms with Crippen molar-refractivity contribution in [1.82, 2.24) is 0 Å². The molecule has 0 saturated carbocycles. The molecule has 0 spiro atoms. The first-order chi connectivity index (χ1) is 19.0. The molecule has 0 aliphatic carbocycles. The highest BCUT2D eigenvalue weighted by molar-refractivity contribution is 7.27. The van der Waals surface area contributed by atoms with E-state index in [2.05, 4.69) is 42.5 Å². The molecule has 0 atom stereocenters. The van der Waals surface area contributed by atoms with E-state index in [1.807, 2.05) is 30.3 Å². The second kappa shape index (κ2) is 6.38. The first-order valence-corrected chi connectivity index (χ1v) is 13.5. The van der Waals surface area contributed by atoms with E-state index in [0.29, 0.717) is 10.1 Å². The second-order valence-corrected chi connectivity index (χ2v) is 11.5. The molecule has 10 rings (SSSR count). The van der Waals surface area contributed by atoms with Gasteiger partial charge in [0.1, 0.15) is 0 Å². The van der Waals surface area contributed by atoms with Crippen molar-refractivity contribution < 1.29 is 17.6 Å². The molecule has 0 aliphatic heterocycles. The third kappa shape index (κ3) is 2.08. The smallest absolute Gasteiger partial charge is 0.198 e. The van der Waals surface area contributed by atoms with Gasteiger partial charge in [0.25, 0.3) is 0 Å². The molecule has 182 valence electrons. The van der Waals surface area contributed by atoms with Crippen LogP contribution in [-0.4, -0.2) is 0 Å². The molecular weight excluding hydrogens is 516 g/mol. The number of hydrogen-bond acceptors (Lipinski definition) is 1. The molecule has 0 unspecified atom stereocenters. The summed E-state index contributed by atoms with van der Waals surface area (Å²) in [5.74, 6) is -6.24. The van der Waals surface area contributed by atoms with Crippen LogP contribution in [0.3, 0.4) is 0 Å². The van der Waals surface area contributed by atoms with Gasteiger partial charge in [-0.2, -0.15) is 0 Å². The van der Waals surface area contributed by atoms with Crippen molar-refractivity contribution >= 4 is 107 Å². The average molecular weight is 529 g/mol. The monoisotopic (exact) mass is 528 g/mol. The van der Waals surface area contributed by atoms with E-state index in [-0.39, 0.29) is 10.1 Å². The normalized spacial score (nSPS) is 13.1. The van der Waals surface area contributed by atoms with E-state index in [1.165, 1.54) is 10.8 Å². The lowest BCUT2D eigenvalue weighted by molar-refractivity contribution is 0.419. The van der Waals surface area contributed by atoms with E-state index in [4.69, 9.17) is 0 Å². The Morgan fingerprint density at radius 3 is 1.44 bits per heavy atom. The van der Waals surface area contributed by atoms with Gasteiger partial charge in [-0.3, -0.25) is 0 Å². The van der Waals surface area contributed by atoms with Crippen LogP contribution in [0.5, 0.6) is 0 Å². The fraction of sp³-hybridized carbons (Fsp3) is 0. The van der Waals surface area contributed by atoms with Gasteiger partial charge in [0.2, 0.25) is 0 Å². The SMILES string of the molecule is Fc1c(F)c(F)c2c(sc3c4ccc5ccc6c7ccccc7c7ccc8ccc(c32)c2c8c7c6c5c42)c1F. The third-order valence-electron chi connectivity index (χ3n) is 8.80. The molecule has 10 aromatic rings. The quantitative estimate of drug-likeness (QED) is 0.0604. The maximum Gasteiger partial charge on any atom is 0.198 e. The highest BCUT2D eigenvalue weighted by Crippen LogP contribution is 2.54. The molecule has 0 amide bonds. The minimum Gasteiger partial charge on any atom is -0.203 e. The van der Waals surface area contributed by atoms with Crippen LogP contribution in [0.2, 0.25) is 0 Å². The van der Waals surface area contributed by atoms with Gasteiger partial charge in [-0.25, -0.2) is 17.6 Å². The van der Waals surface area contributed by atoms with Gasteiger partial charge in [0.15, 0.2) is 23.3 Å². The summed E-state index contributed by atoms with van der Waals surface area (Å²) in [6.07, 6.45) is 0. The Hall–Kier alpha value is -4.48. The zero-order valence-electron chi connectivity index (χ0n) is 19.8.